The molecule has 0 radical (unpaired) electrons. The maximum atomic E-state index is 11.8. The molecule has 4 nitrogen and oxygen atoms in total. The first-order valence-electron chi connectivity index (χ1n) is 5.04. The molecule has 1 aliphatic heterocycles. The number of hydrogen-bond donors (Lipinski definition) is 1. The van der Waals surface area contributed by atoms with Gasteiger partial charge >= 0.3 is 6.03 Å². The van der Waals surface area contributed by atoms with Gasteiger partial charge in [0.1, 0.15) is 0 Å². The van der Waals surface area contributed by atoms with E-state index in [2.05, 4.69) is 5.32 Å². The number of rotatable bonds is 2. The fourth-order valence-electron chi connectivity index (χ4n) is 1.55. The van der Waals surface area contributed by atoms with Crippen LogP contribution in [0.15, 0.2) is 0 Å². The van der Waals surface area contributed by atoms with Crippen molar-refractivity contribution in [3.63, 3.8) is 0 Å². The Balaban J connectivity index is 0. The van der Waals surface area contributed by atoms with Crippen molar-refractivity contribution < 1.29 is 18.6 Å². The lowest BCUT2D eigenvalue weighted by Crippen LogP contribution is -3.00. The van der Waals surface area contributed by atoms with Crippen molar-refractivity contribution in [3.05, 3.63) is 0 Å². The minimum Gasteiger partial charge on any atom is -1.00 e. The predicted octanol–water partition coefficient (Wildman–Crippen LogP) is -2.40. The van der Waals surface area contributed by atoms with Gasteiger partial charge in [0.2, 0.25) is 0 Å². The van der Waals surface area contributed by atoms with Gasteiger partial charge in [0, 0.05) is 40.7 Å². The van der Waals surface area contributed by atoms with Crippen LogP contribution in [-0.4, -0.2) is 55.1 Å². The zero-order valence-corrected chi connectivity index (χ0v) is 9.68. The number of amides is 2. The van der Waals surface area contributed by atoms with Gasteiger partial charge in [-0.05, 0) is 13.8 Å². The quantitative estimate of drug-likeness (QED) is 0.566. The Bertz CT molecular complexity index is 173. The lowest BCUT2D eigenvalue weighted by Gasteiger charge is -2.32. The molecule has 2 amide bonds. The average Bonchev–Trinajstić information content (AvgIpc) is 2.21. The Morgan fingerprint density at radius 2 is 1.86 bits per heavy atom. The maximum absolute atomic E-state index is 11.8. The molecule has 1 fully saturated rings. The van der Waals surface area contributed by atoms with Crippen molar-refractivity contribution in [2.24, 2.45) is 0 Å². The van der Waals surface area contributed by atoms with Crippen LogP contribution in [0.5, 0.6) is 0 Å². The predicted molar refractivity (Wildman–Crippen MR) is 54.9 cm³/mol. The summed E-state index contributed by atoms with van der Waals surface area (Å²) >= 11 is 0. The summed E-state index contributed by atoms with van der Waals surface area (Å²) in [6.07, 6.45) is 0. The third kappa shape index (κ3) is 3.35. The van der Waals surface area contributed by atoms with Crippen LogP contribution in [0.25, 0.3) is 0 Å². The van der Waals surface area contributed by atoms with Crippen molar-refractivity contribution in [1.29, 1.82) is 0 Å². The van der Waals surface area contributed by atoms with Crippen molar-refractivity contribution >= 4 is 6.03 Å². The topological polar surface area (TPSA) is 35.6 Å². The van der Waals surface area contributed by atoms with Crippen LogP contribution in [0.1, 0.15) is 15.3 Å². The molecule has 0 bridgehead atoms. The highest BCUT2D eigenvalue weighted by Gasteiger charge is 2.19. The van der Waals surface area contributed by atoms with E-state index in [4.69, 9.17) is 0 Å². The lowest BCUT2D eigenvalue weighted by molar-refractivity contribution is -0.00000701. The van der Waals surface area contributed by atoms with E-state index in [9.17, 15) is 4.79 Å². The monoisotopic (exact) mass is 222 g/mol. The second-order valence-electron chi connectivity index (χ2n) is 3.19. The van der Waals surface area contributed by atoms with Gasteiger partial charge < -0.3 is 27.5 Å². The third-order valence-electron chi connectivity index (χ3n) is 2.42. The van der Waals surface area contributed by atoms with E-state index in [0.29, 0.717) is 0 Å². The van der Waals surface area contributed by atoms with E-state index in [1.54, 1.807) is 0 Å². The summed E-state index contributed by atoms with van der Waals surface area (Å²) < 4.78 is 0. The Morgan fingerprint density at radius 1 is 1.36 bits per heavy atom. The maximum Gasteiger partial charge on any atom is 0.320 e. The Kier molecular flexibility index (Phi) is 6.66. The number of nitrogens with one attached hydrogen (secondary N) is 1. The first kappa shape index (κ1) is 13.5. The zero-order valence-electron chi connectivity index (χ0n) is 8.92. The molecule has 0 aliphatic carbocycles. The molecule has 1 rings (SSSR count). The fourth-order valence-corrected chi connectivity index (χ4v) is 1.55. The van der Waals surface area contributed by atoms with Crippen LogP contribution >= 0.6 is 0 Å². The summed E-state index contributed by atoms with van der Waals surface area (Å²) in [5, 5.41) is 3.23. The number of carbonyl (C=O) groups excluding carboxylic acids is 1. The molecule has 14 heavy (non-hydrogen) atoms. The van der Waals surface area contributed by atoms with E-state index in [1.165, 1.54) is 0 Å². The minimum absolute atomic E-state index is 0. The van der Waals surface area contributed by atoms with E-state index >= 15 is 0 Å². The summed E-state index contributed by atoms with van der Waals surface area (Å²) in [5.74, 6) is 0. The van der Waals surface area contributed by atoms with Crippen LogP contribution < -0.4 is 17.7 Å². The molecule has 1 heterocycles. The third-order valence-corrected chi connectivity index (χ3v) is 2.42. The number of urea groups is 1. The minimum atomic E-state index is 0. The smallest absolute Gasteiger partial charge is 0.320 e. The molecule has 0 aromatic carbocycles. The molecular formula is C9H21ClN3O-. The molecule has 5 heteroatoms. The van der Waals surface area contributed by atoms with Crippen molar-refractivity contribution in [2.75, 3.05) is 39.3 Å². The average molecular weight is 223 g/mol. The second-order valence-corrected chi connectivity index (χ2v) is 3.19. The van der Waals surface area contributed by atoms with Gasteiger partial charge in [-0.1, -0.05) is 0 Å². The first-order valence-corrected chi connectivity index (χ1v) is 5.04. The highest BCUT2D eigenvalue weighted by atomic mass is 35.5. The van der Waals surface area contributed by atoms with E-state index in [-0.39, 0.29) is 19.9 Å². The van der Waals surface area contributed by atoms with E-state index in [1.807, 2.05) is 23.6 Å². The van der Waals surface area contributed by atoms with Crippen molar-refractivity contribution in [3.8, 4) is 0 Å². The van der Waals surface area contributed by atoms with Gasteiger partial charge in [-0.3, -0.25) is 0 Å². The zero-order chi connectivity index (χ0) is 9.68. The molecule has 1 N–H and O–H groups in total. The molecule has 0 unspecified atom stereocenters. The van der Waals surface area contributed by atoms with Crippen LogP contribution in [0.2, 0.25) is 0 Å². The number of piperazine rings is 1. The summed E-state index contributed by atoms with van der Waals surface area (Å²) in [6.45, 7) is 9.18. The molecule has 86 valence electrons. The van der Waals surface area contributed by atoms with Gasteiger partial charge in [0.15, 0.2) is 0 Å². The normalized spacial score (nSPS) is 16.0. The molecule has 0 aromatic rings. The Hall–Kier alpha value is -0.480. The number of halogens is 1. The van der Waals surface area contributed by atoms with Gasteiger partial charge in [-0.2, -0.15) is 0 Å². The molecule has 0 spiro atoms. The van der Waals surface area contributed by atoms with Crippen LogP contribution in [-0.2, 0) is 0 Å². The van der Waals surface area contributed by atoms with Crippen LogP contribution in [0, 0.1) is 0 Å². The van der Waals surface area contributed by atoms with Gasteiger partial charge in [-0.25, -0.2) is 4.79 Å². The standard InChI is InChI=1S/C9H19N3O.ClH.H2/c1-3-11(4-2)9(13)12-7-5-10-6-8-12;;/h10H,3-8H2,1-2H3;2*1H/p-1. The molecule has 1 saturated heterocycles. The number of hydrogen-bond acceptors (Lipinski definition) is 2. The Labute approximate surface area is 93.5 Å². The molecular weight excluding hydrogens is 202 g/mol. The SMILES string of the molecule is CCN(CC)C(=O)N1CCNCC1.[Cl-].[HH]. The van der Waals surface area contributed by atoms with Gasteiger partial charge in [0.05, 0.1) is 0 Å². The van der Waals surface area contributed by atoms with Gasteiger partial charge in [0.25, 0.3) is 0 Å². The van der Waals surface area contributed by atoms with Crippen LogP contribution in [0.4, 0.5) is 4.79 Å². The largest absolute Gasteiger partial charge is 1.00 e. The van der Waals surface area contributed by atoms with Crippen molar-refractivity contribution in [1.82, 2.24) is 15.1 Å². The number of carbonyl (C=O) groups is 1. The van der Waals surface area contributed by atoms with Crippen molar-refractivity contribution in [2.45, 2.75) is 13.8 Å². The summed E-state index contributed by atoms with van der Waals surface area (Å²) in [6, 6.07) is 0.187. The second kappa shape index (κ2) is 6.90. The fraction of sp³-hybridized carbons (Fsp3) is 0.889. The molecule has 0 aromatic heterocycles. The molecule has 1 aliphatic rings. The van der Waals surface area contributed by atoms with E-state index < -0.39 is 0 Å². The summed E-state index contributed by atoms with van der Waals surface area (Å²) in [4.78, 5) is 15.6. The first-order chi connectivity index (χ1) is 6.29. The highest BCUT2D eigenvalue weighted by Crippen LogP contribution is 2.00. The molecule has 0 atom stereocenters. The lowest BCUT2D eigenvalue weighted by atomic mass is 10.4. The number of nitrogens with zero attached hydrogens (tertiary/aromatic N) is 2. The van der Waals surface area contributed by atoms with Crippen LogP contribution in [0.3, 0.4) is 0 Å². The highest BCUT2D eigenvalue weighted by molar-refractivity contribution is 5.74. The summed E-state index contributed by atoms with van der Waals surface area (Å²) in [7, 11) is 0. The van der Waals surface area contributed by atoms with Gasteiger partial charge in [-0.15, -0.1) is 0 Å². The summed E-state index contributed by atoms with van der Waals surface area (Å²) in [5.41, 5.74) is 0. The molecule has 0 saturated carbocycles. The Morgan fingerprint density at radius 3 is 2.29 bits per heavy atom. The van der Waals surface area contributed by atoms with E-state index in [0.717, 1.165) is 39.3 Å².